The van der Waals surface area contributed by atoms with Gasteiger partial charge in [0, 0.05) is 6.04 Å². The third-order valence-corrected chi connectivity index (χ3v) is 3.50. The van der Waals surface area contributed by atoms with Gasteiger partial charge in [0.2, 0.25) is 0 Å². The Morgan fingerprint density at radius 2 is 1.89 bits per heavy atom. The molecule has 102 valence electrons. The summed E-state index contributed by atoms with van der Waals surface area (Å²) in [6.07, 6.45) is 7.57. The minimum Gasteiger partial charge on any atom is -0.310 e. The van der Waals surface area contributed by atoms with Crippen molar-refractivity contribution >= 4 is 0 Å². The van der Waals surface area contributed by atoms with E-state index in [-0.39, 0.29) is 0 Å². The van der Waals surface area contributed by atoms with Crippen molar-refractivity contribution < 1.29 is 0 Å². The second-order valence-electron chi connectivity index (χ2n) is 5.10. The van der Waals surface area contributed by atoms with Crippen molar-refractivity contribution in [3.63, 3.8) is 0 Å². The molecule has 1 aromatic rings. The van der Waals surface area contributed by atoms with Crippen LogP contribution in [0.2, 0.25) is 0 Å². The van der Waals surface area contributed by atoms with Crippen LogP contribution in [0, 0.1) is 0 Å². The molecule has 1 rings (SSSR count). The molecule has 1 heteroatoms. The van der Waals surface area contributed by atoms with Crippen LogP contribution < -0.4 is 5.32 Å². The Bertz CT molecular complexity index is 319. The van der Waals surface area contributed by atoms with Crippen molar-refractivity contribution in [3.8, 4) is 0 Å². The molecule has 0 aliphatic carbocycles. The van der Waals surface area contributed by atoms with E-state index in [1.165, 1.54) is 43.2 Å². The number of hydrogen-bond acceptors (Lipinski definition) is 1. The topological polar surface area (TPSA) is 12.0 Å². The minimum absolute atomic E-state index is 0.544. The maximum Gasteiger partial charge on any atom is 0.0320 e. The lowest BCUT2D eigenvalue weighted by Crippen LogP contribution is -2.22. The highest BCUT2D eigenvalue weighted by molar-refractivity contribution is 5.26. The summed E-state index contributed by atoms with van der Waals surface area (Å²) in [6.45, 7) is 7.85. The van der Waals surface area contributed by atoms with Crippen molar-refractivity contribution in [2.45, 2.75) is 65.3 Å². The van der Waals surface area contributed by atoms with E-state index >= 15 is 0 Å². The maximum absolute atomic E-state index is 3.70. The van der Waals surface area contributed by atoms with E-state index in [2.05, 4.69) is 50.4 Å². The maximum atomic E-state index is 3.70. The Hall–Kier alpha value is -0.820. The zero-order valence-electron chi connectivity index (χ0n) is 12.3. The number of hydrogen-bond donors (Lipinski definition) is 1. The first kappa shape index (κ1) is 15.2. The average Bonchev–Trinajstić information content (AvgIpc) is 2.42. The molecule has 0 radical (unpaired) electrons. The SMILES string of the molecule is CCCCCC(NCCC)c1cccc(CC)c1. The van der Waals surface area contributed by atoms with Crippen molar-refractivity contribution in [2.75, 3.05) is 6.54 Å². The first-order valence-corrected chi connectivity index (χ1v) is 7.64. The summed E-state index contributed by atoms with van der Waals surface area (Å²) in [7, 11) is 0. The normalized spacial score (nSPS) is 12.6. The molecule has 0 bridgehead atoms. The molecular weight excluding hydrogens is 218 g/mol. The third kappa shape index (κ3) is 5.22. The van der Waals surface area contributed by atoms with Crippen LogP contribution in [0.5, 0.6) is 0 Å². The molecule has 0 saturated heterocycles. The molecule has 0 aliphatic rings. The second-order valence-corrected chi connectivity index (χ2v) is 5.10. The summed E-state index contributed by atoms with van der Waals surface area (Å²) in [5.41, 5.74) is 2.92. The molecule has 1 nitrogen and oxygen atoms in total. The van der Waals surface area contributed by atoms with Crippen molar-refractivity contribution in [2.24, 2.45) is 0 Å². The van der Waals surface area contributed by atoms with E-state index in [1.807, 2.05) is 0 Å². The first-order chi connectivity index (χ1) is 8.81. The highest BCUT2D eigenvalue weighted by Gasteiger charge is 2.10. The summed E-state index contributed by atoms with van der Waals surface area (Å²) in [5, 5.41) is 3.70. The Kier molecular flexibility index (Phi) is 7.75. The number of rotatable bonds is 9. The largest absolute Gasteiger partial charge is 0.310 e. The van der Waals surface area contributed by atoms with Crippen LogP contribution in [0.1, 0.15) is 70.0 Å². The van der Waals surface area contributed by atoms with Gasteiger partial charge in [0.1, 0.15) is 0 Å². The van der Waals surface area contributed by atoms with Crippen LogP contribution in [0.3, 0.4) is 0 Å². The summed E-state index contributed by atoms with van der Waals surface area (Å²) < 4.78 is 0. The highest BCUT2D eigenvalue weighted by Crippen LogP contribution is 2.21. The zero-order chi connectivity index (χ0) is 13.2. The van der Waals surface area contributed by atoms with Crippen molar-refractivity contribution in [3.05, 3.63) is 35.4 Å². The van der Waals surface area contributed by atoms with Gasteiger partial charge in [0.25, 0.3) is 0 Å². The molecule has 0 saturated carbocycles. The first-order valence-electron chi connectivity index (χ1n) is 7.64. The van der Waals surface area contributed by atoms with Crippen LogP contribution in [0.4, 0.5) is 0 Å². The van der Waals surface area contributed by atoms with Gasteiger partial charge in [-0.2, -0.15) is 0 Å². The van der Waals surface area contributed by atoms with Gasteiger partial charge in [-0.1, -0.05) is 64.3 Å². The van der Waals surface area contributed by atoms with E-state index in [9.17, 15) is 0 Å². The lowest BCUT2D eigenvalue weighted by atomic mass is 9.98. The van der Waals surface area contributed by atoms with E-state index < -0.39 is 0 Å². The molecule has 18 heavy (non-hydrogen) atoms. The summed E-state index contributed by atoms with van der Waals surface area (Å²) in [5.74, 6) is 0. The third-order valence-electron chi connectivity index (χ3n) is 3.50. The fourth-order valence-corrected chi connectivity index (χ4v) is 2.33. The van der Waals surface area contributed by atoms with E-state index in [0.29, 0.717) is 6.04 Å². The van der Waals surface area contributed by atoms with Crippen LogP contribution >= 0.6 is 0 Å². The Balaban J connectivity index is 2.66. The predicted octanol–water partition coefficient (Wildman–Crippen LogP) is 4.87. The molecule has 1 unspecified atom stereocenters. The standard InChI is InChI=1S/C17H29N/c1-4-7-8-12-17(18-13-5-2)16-11-9-10-15(6-3)14-16/h9-11,14,17-18H,4-8,12-13H2,1-3H3. The summed E-state index contributed by atoms with van der Waals surface area (Å²) in [4.78, 5) is 0. The number of unbranched alkanes of at least 4 members (excludes halogenated alkanes) is 2. The van der Waals surface area contributed by atoms with Crippen LogP contribution in [-0.4, -0.2) is 6.54 Å². The van der Waals surface area contributed by atoms with Gasteiger partial charge in [-0.15, -0.1) is 0 Å². The van der Waals surface area contributed by atoms with Crippen LogP contribution in [0.25, 0.3) is 0 Å². The van der Waals surface area contributed by atoms with Gasteiger partial charge in [0.15, 0.2) is 0 Å². The minimum atomic E-state index is 0.544. The fraction of sp³-hybridized carbons (Fsp3) is 0.647. The summed E-state index contributed by atoms with van der Waals surface area (Å²) in [6, 6.07) is 9.63. The smallest absolute Gasteiger partial charge is 0.0320 e. The summed E-state index contributed by atoms with van der Waals surface area (Å²) >= 11 is 0. The Labute approximate surface area is 113 Å². The average molecular weight is 247 g/mol. The quantitative estimate of drug-likeness (QED) is 0.614. The van der Waals surface area contributed by atoms with Gasteiger partial charge >= 0.3 is 0 Å². The Morgan fingerprint density at radius 3 is 2.56 bits per heavy atom. The van der Waals surface area contributed by atoms with Gasteiger partial charge in [-0.3, -0.25) is 0 Å². The van der Waals surface area contributed by atoms with Gasteiger partial charge in [0.05, 0.1) is 0 Å². The number of aryl methyl sites for hydroxylation is 1. The lowest BCUT2D eigenvalue weighted by molar-refractivity contribution is 0.474. The van der Waals surface area contributed by atoms with Gasteiger partial charge in [-0.05, 0) is 36.9 Å². The fourth-order valence-electron chi connectivity index (χ4n) is 2.33. The van der Waals surface area contributed by atoms with Crippen LogP contribution in [0.15, 0.2) is 24.3 Å². The number of nitrogens with one attached hydrogen (secondary N) is 1. The monoisotopic (exact) mass is 247 g/mol. The molecule has 0 aliphatic heterocycles. The van der Waals surface area contributed by atoms with E-state index in [0.717, 1.165) is 13.0 Å². The van der Waals surface area contributed by atoms with Crippen molar-refractivity contribution in [1.29, 1.82) is 0 Å². The molecular formula is C17H29N. The highest BCUT2D eigenvalue weighted by atomic mass is 14.9. The molecule has 1 N–H and O–H groups in total. The molecule has 0 spiro atoms. The Morgan fingerprint density at radius 1 is 1.06 bits per heavy atom. The second kappa shape index (κ2) is 9.16. The predicted molar refractivity (Wildman–Crippen MR) is 81.0 cm³/mol. The molecule has 1 aromatic carbocycles. The molecule has 0 amide bonds. The molecule has 0 fully saturated rings. The van der Waals surface area contributed by atoms with Crippen LogP contribution in [-0.2, 0) is 6.42 Å². The van der Waals surface area contributed by atoms with E-state index in [1.54, 1.807) is 0 Å². The van der Waals surface area contributed by atoms with Gasteiger partial charge < -0.3 is 5.32 Å². The van der Waals surface area contributed by atoms with Gasteiger partial charge in [-0.25, -0.2) is 0 Å². The van der Waals surface area contributed by atoms with Crippen molar-refractivity contribution in [1.82, 2.24) is 5.32 Å². The molecule has 0 heterocycles. The lowest BCUT2D eigenvalue weighted by Gasteiger charge is -2.19. The zero-order valence-corrected chi connectivity index (χ0v) is 12.3. The molecule has 1 atom stereocenters. The molecule has 0 aromatic heterocycles. The van der Waals surface area contributed by atoms with E-state index in [4.69, 9.17) is 0 Å². The number of benzene rings is 1.